The van der Waals surface area contributed by atoms with Gasteiger partial charge < -0.3 is 5.11 Å². The van der Waals surface area contributed by atoms with Gasteiger partial charge in [0.1, 0.15) is 5.69 Å². The van der Waals surface area contributed by atoms with E-state index >= 15 is 0 Å². The second kappa shape index (κ2) is 4.14. The highest BCUT2D eigenvalue weighted by molar-refractivity contribution is 5.85. The van der Waals surface area contributed by atoms with Gasteiger partial charge in [-0.25, -0.2) is 9.78 Å². The Balaban J connectivity index is 2.43. The molecule has 3 heteroatoms. The first-order chi connectivity index (χ1) is 7.68. The first kappa shape index (κ1) is 10.4. The topological polar surface area (TPSA) is 50.2 Å². The lowest BCUT2D eigenvalue weighted by Crippen LogP contribution is -1.99. The van der Waals surface area contributed by atoms with Crippen LogP contribution in [-0.4, -0.2) is 16.1 Å². The van der Waals surface area contributed by atoms with Crippen LogP contribution in [0.2, 0.25) is 0 Å². The number of carboxylic acid groups (broad SMARTS) is 1. The van der Waals surface area contributed by atoms with Crippen molar-refractivity contribution in [2.45, 2.75) is 6.92 Å². The first-order valence-corrected chi connectivity index (χ1v) is 4.94. The van der Waals surface area contributed by atoms with Crippen LogP contribution in [0.3, 0.4) is 0 Å². The van der Waals surface area contributed by atoms with Crippen molar-refractivity contribution in [2.75, 3.05) is 0 Å². The van der Waals surface area contributed by atoms with Crippen LogP contribution in [0.25, 0.3) is 11.1 Å². The van der Waals surface area contributed by atoms with E-state index in [-0.39, 0.29) is 5.69 Å². The van der Waals surface area contributed by atoms with Gasteiger partial charge in [0.25, 0.3) is 0 Å². The second-order valence-corrected chi connectivity index (χ2v) is 3.55. The normalized spacial score (nSPS) is 10.1. The fourth-order valence-corrected chi connectivity index (χ4v) is 1.58. The van der Waals surface area contributed by atoms with E-state index in [1.54, 1.807) is 12.3 Å². The average molecular weight is 213 g/mol. The molecule has 0 unspecified atom stereocenters. The van der Waals surface area contributed by atoms with Crippen molar-refractivity contribution < 1.29 is 9.90 Å². The number of hydrogen-bond acceptors (Lipinski definition) is 2. The summed E-state index contributed by atoms with van der Waals surface area (Å²) in [6.07, 6.45) is 1.59. The standard InChI is InChI=1S/C13H11NO2/c1-9-4-2-3-5-11(9)10-6-7-12(13(15)16)14-8-10/h2-8H,1H3,(H,15,16). The largest absolute Gasteiger partial charge is 0.477 e. The molecule has 0 amide bonds. The van der Waals surface area contributed by atoms with E-state index in [0.29, 0.717) is 0 Å². The Labute approximate surface area is 93.4 Å². The van der Waals surface area contributed by atoms with Gasteiger partial charge >= 0.3 is 5.97 Å². The maximum Gasteiger partial charge on any atom is 0.354 e. The summed E-state index contributed by atoms with van der Waals surface area (Å²) < 4.78 is 0. The van der Waals surface area contributed by atoms with Crippen LogP contribution in [0, 0.1) is 6.92 Å². The van der Waals surface area contributed by atoms with Crippen molar-refractivity contribution in [1.82, 2.24) is 4.98 Å². The number of carboxylic acids is 1. The predicted octanol–water partition coefficient (Wildman–Crippen LogP) is 2.76. The van der Waals surface area contributed by atoms with Crippen molar-refractivity contribution in [1.29, 1.82) is 0 Å². The molecule has 0 aliphatic carbocycles. The third kappa shape index (κ3) is 1.93. The van der Waals surface area contributed by atoms with Gasteiger partial charge in [-0.15, -0.1) is 0 Å². The van der Waals surface area contributed by atoms with Crippen molar-refractivity contribution in [3.8, 4) is 11.1 Å². The van der Waals surface area contributed by atoms with Crippen LogP contribution in [0.4, 0.5) is 0 Å². The van der Waals surface area contributed by atoms with Gasteiger partial charge in [0.2, 0.25) is 0 Å². The van der Waals surface area contributed by atoms with E-state index in [0.717, 1.165) is 16.7 Å². The molecule has 2 aromatic rings. The summed E-state index contributed by atoms with van der Waals surface area (Å²) in [6, 6.07) is 11.2. The van der Waals surface area contributed by atoms with E-state index < -0.39 is 5.97 Å². The molecule has 0 radical (unpaired) electrons. The van der Waals surface area contributed by atoms with Gasteiger partial charge in [-0.2, -0.15) is 0 Å². The highest BCUT2D eigenvalue weighted by atomic mass is 16.4. The summed E-state index contributed by atoms with van der Waals surface area (Å²) in [4.78, 5) is 14.5. The van der Waals surface area contributed by atoms with Crippen LogP contribution in [0.5, 0.6) is 0 Å². The minimum absolute atomic E-state index is 0.0670. The number of aromatic carboxylic acids is 1. The lowest BCUT2D eigenvalue weighted by molar-refractivity contribution is 0.0690. The fourth-order valence-electron chi connectivity index (χ4n) is 1.58. The molecule has 1 aromatic carbocycles. The van der Waals surface area contributed by atoms with E-state index in [4.69, 9.17) is 5.11 Å². The molecule has 0 bridgehead atoms. The van der Waals surface area contributed by atoms with Crippen LogP contribution >= 0.6 is 0 Å². The molecule has 0 aliphatic rings. The molecule has 0 aliphatic heterocycles. The molecule has 0 atom stereocenters. The van der Waals surface area contributed by atoms with Crippen LogP contribution in [0.1, 0.15) is 16.1 Å². The van der Waals surface area contributed by atoms with Gasteiger partial charge in [-0.3, -0.25) is 0 Å². The van der Waals surface area contributed by atoms with Crippen molar-refractivity contribution in [3.05, 3.63) is 53.9 Å². The molecule has 16 heavy (non-hydrogen) atoms. The third-order valence-electron chi connectivity index (χ3n) is 2.44. The maximum absolute atomic E-state index is 10.7. The number of nitrogens with zero attached hydrogens (tertiary/aromatic N) is 1. The Morgan fingerprint density at radius 3 is 2.50 bits per heavy atom. The zero-order valence-electron chi connectivity index (χ0n) is 8.84. The summed E-state index contributed by atoms with van der Waals surface area (Å²) in [6.45, 7) is 2.01. The Morgan fingerprint density at radius 1 is 1.19 bits per heavy atom. The lowest BCUT2D eigenvalue weighted by Gasteiger charge is -2.04. The number of aromatic nitrogens is 1. The number of benzene rings is 1. The molecular formula is C13H11NO2. The van der Waals surface area contributed by atoms with E-state index in [1.807, 2.05) is 31.2 Å². The predicted molar refractivity (Wildman–Crippen MR) is 61.4 cm³/mol. The smallest absolute Gasteiger partial charge is 0.354 e. The summed E-state index contributed by atoms with van der Waals surface area (Å²) in [5.41, 5.74) is 3.22. The number of rotatable bonds is 2. The zero-order chi connectivity index (χ0) is 11.5. The highest BCUT2D eigenvalue weighted by Crippen LogP contribution is 2.22. The molecule has 1 N–H and O–H groups in total. The molecule has 0 saturated carbocycles. The molecule has 80 valence electrons. The molecule has 1 aromatic heterocycles. The van der Waals surface area contributed by atoms with Crippen LogP contribution in [0.15, 0.2) is 42.6 Å². The number of aryl methyl sites for hydroxylation is 1. The van der Waals surface area contributed by atoms with Crippen molar-refractivity contribution in [2.24, 2.45) is 0 Å². The van der Waals surface area contributed by atoms with E-state index in [9.17, 15) is 4.79 Å². The Morgan fingerprint density at radius 2 is 1.94 bits per heavy atom. The van der Waals surface area contributed by atoms with Gasteiger partial charge in [-0.05, 0) is 24.1 Å². The first-order valence-electron chi connectivity index (χ1n) is 4.94. The summed E-state index contributed by atoms with van der Waals surface area (Å²) >= 11 is 0. The quantitative estimate of drug-likeness (QED) is 0.834. The Hall–Kier alpha value is -2.16. The number of hydrogen-bond donors (Lipinski definition) is 1. The summed E-state index contributed by atoms with van der Waals surface area (Å²) in [5, 5.41) is 8.74. The third-order valence-corrected chi connectivity index (χ3v) is 2.44. The van der Waals surface area contributed by atoms with Crippen LogP contribution in [-0.2, 0) is 0 Å². The summed E-state index contributed by atoms with van der Waals surface area (Å²) in [5.74, 6) is -1.00. The Kier molecular flexibility index (Phi) is 2.68. The molecule has 0 fully saturated rings. The van der Waals surface area contributed by atoms with Crippen molar-refractivity contribution >= 4 is 5.97 Å². The van der Waals surface area contributed by atoms with E-state index in [1.165, 1.54) is 6.07 Å². The Bertz CT molecular complexity index is 518. The molecule has 3 nitrogen and oxygen atoms in total. The second-order valence-electron chi connectivity index (χ2n) is 3.55. The number of pyridine rings is 1. The molecule has 0 saturated heterocycles. The fraction of sp³-hybridized carbons (Fsp3) is 0.0769. The minimum atomic E-state index is -1.00. The monoisotopic (exact) mass is 213 g/mol. The highest BCUT2D eigenvalue weighted by Gasteiger charge is 2.05. The van der Waals surface area contributed by atoms with Gasteiger partial charge in [0.05, 0.1) is 0 Å². The number of carbonyl (C=O) groups is 1. The van der Waals surface area contributed by atoms with Gasteiger partial charge in [0.15, 0.2) is 0 Å². The van der Waals surface area contributed by atoms with Crippen molar-refractivity contribution in [3.63, 3.8) is 0 Å². The molecule has 2 rings (SSSR count). The molecular weight excluding hydrogens is 202 g/mol. The lowest BCUT2D eigenvalue weighted by atomic mass is 10.0. The molecule has 1 heterocycles. The van der Waals surface area contributed by atoms with Gasteiger partial charge in [0, 0.05) is 11.8 Å². The maximum atomic E-state index is 10.7. The summed E-state index contributed by atoms with van der Waals surface area (Å²) in [7, 11) is 0. The van der Waals surface area contributed by atoms with E-state index in [2.05, 4.69) is 4.98 Å². The SMILES string of the molecule is Cc1ccccc1-c1ccc(C(=O)O)nc1. The minimum Gasteiger partial charge on any atom is -0.477 e. The average Bonchev–Trinajstić information content (AvgIpc) is 2.30. The zero-order valence-corrected chi connectivity index (χ0v) is 8.84. The van der Waals surface area contributed by atoms with Gasteiger partial charge in [-0.1, -0.05) is 30.3 Å². The van der Waals surface area contributed by atoms with Crippen LogP contribution < -0.4 is 0 Å². The molecule has 0 spiro atoms.